The van der Waals surface area contributed by atoms with Gasteiger partial charge in [-0.1, -0.05) is 74.9 Å². The number of hydrogen-bond donors (Lipinski definition) is 0. The van der Waals surface area contributed by atoms with Gasteiger partial charge in [-0.05, 0) is 47.5 Å². The van der Waals surface area contributed by atoms with Gasteiger partial charge in [0.05, 0.1) is 5.69 Å². The zero-order valence-electron chi connectivity index (χ0n) is 19.3. The lowest BCUT2D eigenvalue weighted by atomic mass is 9.87. The fourth-order valence-electron chi connectivity index (χ4n) is 2.59. The number of nitrogens with zero attached hydrogens (tertiary/aromatic N) is 1. The second-order valence-electron chi connectivity index (χ2n) is 6.96. The van der Waals surface area contributed by atoms with Crippen molar-refractivity contribution in [2.24, 2.45) is 5.41 Å². The van der Waals surface area contributed by atoms with Gasteiger partial charge in [-0.15, -0.1) is 0 Å². The summed E-state index contributed by atoms with van der Waals surface area (Å²) in [6, 6.07) is 18.2. The van der Waals surface area contributed by atoms with Crippen LogP contribution in [0.5, 0.6) is 0 Å². The molecule has 1 heteroatoms. The van der Waals surface area contributed by atoms with E-state index in [0.717, 1.165) is 22.4 Å². The predicted molar refractivity (Wildman–Crippen MR) is 103 cm³/mol. The molecule has 1 heterocycles. The molecule has 122 valence electrons. The summed E-state index contributed by atoms with van der Waals surface area (Å²) in [4.78, 5) is 4.42. The van der Waals surface area contributed by atoms with E-state index in [1.165, 1.54) is 0 Å². The summed E-state index contributed by atoms with van der Waals surface area (Å²) in [5, 5.41) is 0. The summed E-state index contributed by atoms with van der Waals surface area (Å²) in [5.41, 5.74) is 4.01. The molecule has 1 nitrogen and oxygen atoms in total. The average Bonchev–Trinajstić information content (AvgIpc) is 2.67. The maximum Gasteiger partial charge on any atom is 0.0708 e. The number of aromatic nitrogens is 1. The number of aryl methyl sites for hydroxylation is 1. The summed E-state index contributed by atoms with van der Waals surface area (Å²) >= 11 is 0. The van der Waals surface area contributed by atoms with E-state index in [0.29, 0.717) is 11.1 Å². The third-order valence-electron chi connectivity index (χ3n) is 3.68. The zero-order chi connectivity index (χ0) is 21.4. The van der Waals surface area contributed by atoms with Gasteiger partial charge in [0.15, 0.2) is 0 Å². The second-order valence-corrected chi connectivity index (χ2v) is 6.96. The Hall–Kier alpha value is -2.41. The Bertz CT molecular complexity index is 982. The Morgan fingerprint density at radius 3 is 2.17 bits per heavy atom. The molecule has 0 bridgehead atoms. The molecule has 0 aliphatic heterocycles. The van der Waals surface area contributed by atoms with Crippen LogP contribution in [0.2, 0.25) is 0 Å². The van der Waals surface area contributed by atoms with Gasteiger partial charge in [0.2, 0.25) is 0 Å². The normalized spacial score (nSPS) is 15.7. The third-order valence-corrected chi connectivity index (χ3v) is 3.68. The van der Waals surface area contributed by atoms with E-state index < -0.39 is 18.6 Å². The molecule has 0 atom stereocenters. The molecule has 0 radical (unpaired) electrons. The van der Waals surface area contributed by atoms with Crippen molar-refractivity contribution in [3.05, 3.63) is 78.0 Å². The molecule has 0 saturated heterocycles. The van der Waals surface area contributed by atoms with Crippen LogP contribution in [0.4, 0.5) is 0 Å². The Morgan fingerprint density at radius 2 is 1.54 bits per heavy atom. The predicted octanol–water partition coefficient (Wildman–Crippen LogP) is 6.31. The number of hydrogen-bond acceptors (Lipinski definition) is 1. The monoisotopic (exact) mass is 320 g/mol. The Labute approximate surface area is 152 Å². The van der Waals surface area contributed by atoms with E-state index in [1.54, 1.807) is 30.5 Å². The van der Waals surface area contributed by atoms with Crippen molar-refractivity contribution in [3.63, 3.8) is 0 Å². The first kappa shape index (κ1) is 11.2. The van der Waals surface area contributed by atoms with Gasteiger partial charge in [0.1, 0.15) is 0 Å². The van der Waals surface area contributed by atoms with Gasteiger partial charge in [-0.2, -0.15) is 0 Å². The van der Waals surface area contributed by atoms with Gasteiger partial charge in [-0.25, -0.2) is 0 Å². The molecule has 0 aliphatic rings. The minimum Gasteiger partial charge on any atom is -0.256 e. The maximum absolute atomic E-state index is 8.42. The van der Waals surface area contributed by atoms with Crippen LogP contribution in [0.1, 0.15) is 38.8 Å². The molecular weight excluding hydrogens is 290 g/mol. The third kappa shape index (κ3) is 4.11. The smallest absolute Gasteiger partial charge is 0.0708 e. The lowest BCUT2D eigenvalue weighted by Crippen LogP contribution is -2.08. The standard InChI is InChI=1S/C23H25N/c1-17-5-9-20(10-6-17)22-15-21(13-14-24-22)19-11-7-18(8-12-19)16-23(2,3)4/h5-15H,16H2,1-4H3/i1D3,16D2. The largest absolute Gasteiger partial charge is 0.256 e. The topological polar surface area (TPSA) is 12.9 Å². The molecule has 0 N–H and O–H groups in total. The minimum absolute atomic E-state index is 0.307. The summed E-state index contributed by atoms with van der Waals surface area (Å²) < 4.78 is 39.3. The summed E-state index contributed by atoms with van der Waals surface area (Å²) in [5.74, 6) is 0. The van der Waals surface area contributed by atoms with Gasteiger partial charge in [0.25, 0.3) is 0 Å². The minimum atomic E-state index is -2.12. The molecule has 3 aromatic rings. The van der Waals surface area contributed by atoms with Crippen LogP contribution in [0.15, 0.2) is 66.9 Å². The first-order chi connectivity index (χ1) is 13.4. The highest BCUT2D eigenvalue weighted by molar-refractivity contribution is 5.70. The SMILES string of the molecule is [2H]C([2H])([2H])c1ccc(-c2cc(-c3ccc(C([2H])([2H])C(C)(C)C)cc3)ccn2)cc1. The van der Waals surface area contributed by atoms with E-state index in [-0.39, 0.29) is 0 Å². The van der Waals surface area contributed by atoms with E-state index in [1.807, 2.05) is 57.2 Å². The van der Waals surface area contributed by atoms with Crippen molar-refractivity contribution >= 4 is 0 Å². The molecule has 0 spiro atoms. The lowest BCUT2D eigenvalue weighted by Gasteiger charge is -2.18. The Morgan fingerprint density at radius 1 is 0.875 bits per heavy atom. The van der Waals surface area contributed by atoms with Crippen LogP contribution in [0, 0.1) is 12.3 Å². The Kier molecular flexibility index (Phi) is 3.08. The maximum atomic E-state index is 8.42. The molecule has 24 heavy (non-hydrogen) atoms. The van der Waals surface area contributed by atoms with Gasteiger partial charge in [-0.3, -0.25) is 4.98 Å². The molecule has 0 saturated carbocycles. The fraction of sp³-hybridized carbons (Fsp3) is 0.261. The first-order valence-electron chi connectivity index (χ1n) is 10.6. The van der Waals surface area contributed by atoms with Crippen LogP contribution < -0.4 is 0 Å². The fourth-order valence-corrected chi connectivity index (χ4v) is 2.59. The summed E-state index contributed by atoms with van der Waals surface area (Å²) in [6.45, 7) is 3.57. The van der Waals surface area contributed by atoms with Gasteiger partial charge < -0.3 is 0 Å². The van der Waals surface area contributed by atoms with E-state index in [4.69, 9.17) is 6.85 Å². The summed E-state index contributed by atoms with van der Waals surface area (Å²) in [6.07, 6.45) is 0.296. The molecule has 3 rings (SSSR count). The van der Waals surface area contributed by atoms with Crippen LogP contribution in [0.25, 0.3) is 22.4 Å². The zero-order valence-corrected chi connectivity index (χ0v) is 14.3. The van der Waals surface area contributed by atoms with Crippen LogP contribution >= 0.6 is 0 Å². The van der Waals surface area contributed by atoms with Crippen molar-refractivity contribution in [1.29, 1.82) is 0 Å². The molecule has 0 amide bonds. The molecule has 2 aromatic carbocycles. The summed E-state index contributed by atoms with van der Waals surface area (Å²) in [7, 11) is 0. The molecule has 1 aromatic heterocycles. The molecule has 0 aliphatic carbocycles. The lowest BCUT2D eigenvalue weighted by molar-refractivity contribution is 0.411. The average molecular weight is 320 g/mol. The van der Waals surface area contributed by atoms with Crippen LogP contribution in [-0.2, 0) is 6.37 Å². The van der Waals surface area contributed by atoms with Gasteiger partial charge in [0, 0.05) is 18.6 Å². The highest BCUT2D eigenvalue weighted by Crippen LogP contribution is 2.27. The number of pyridine rings is 1. The van der Waals surface area contributed by atoms with Crippen molar-refractivity contribution in [3.8, 4) is 22.4 Å². The van der Waals surface area contributed by atoms with E-state index in [2.05, 4.69) is 4.98 Å². The quantitative estimate of drug-likeness (QED) is 0.551. The molecule has 0 unspecified atom stereocenters. The van der Waals surface area contributed by atoms with Crippen molar-refractivity contribution in [2.75, 3.05) is 0 Å². The number of rotatable bonds is 3. The second kappa shape index (κ2) is 6.60. The van der Waals surface area contributed by atoms with Crippen molar-refractivity contribution in [2.45, 2.75) is 34.0 Å². The van der Waals surface area contributed by atoms with Crippen LogP contribution in [0.3, 0.4) is 0 Å². The van der Waals surface area contributed by atoms with Crippen molar-refractivity contribution in [1.82, 2.24) is 4.98 Å². The van der Waals surface area contributed by atoms with Crippen LogP contribution in [-0.4, -0.2) is 4.98 Å². The Balaban J connectivity index is 1.90. The molecule has 0 fully saturated rings. The van der Waals surface area contributed by atoms with Crippen molar-refractivity contribution < 1.29 is 6.85 Å². The highest BCUT2D eigenvalue weighted by Gasteiger charge is 2.11. The first-order valence-corrected chi connectivity index (χ1v) is 8.07. The number of benzene rings is 2. The van der Waals surface area contributed by atoms with Gasteiger partial charge >= 0.3 is 0 Å². The molecular formula is C23H25N. The van der Waals surface area contributed by atoms with E-state index in [9.17, 15) is 0 Å². The van der Waals surface area contributed by atoms with E-state index >= 15 is 0 Å². The highest BCUT2D eigenvalue weighted by atomic mass is 14.7.